The van der Waals surface area contributed by atoms with Crippen molar-refractivity contribution >= 4 is 0 Å². The van der Waals surface area contributed by atoms with Gasteiger partial charge < -0.3 is 5.11 Å². The second-order valence-corrected chi connectivity index (χ2v) is 6.45. The molecule has 1 saturated carbocycles. The molecule has 0 unspecified atom stereocenters. The molecule has 0 bridgehead atoms. The van der Waals surface area contributed by atoms with E-state index in [1.54, 1.807) is 0 Å². The highest BCUT2D eigenvalue weighted by molar-refractivity contribution is 5.24. The van der Waals surface area contributed by atoms with E-state index in [9.17, 15) is 5.11 Å². The van der Waals surface area contributed by atoms with Crippen molar-refractivity contribution in [1.29, 1.82) is 0 Å². The highest BCUT2D eigenvalue weighted by Crippen LogP contribution is 2.49. The Morgan fingerprint density at radius 2 is 1.76 bits per heavy atom. The van der Waals surface area contributed by atoms with Crippen molar-refractivity contribution in [2.45, 2.75) is 52.1 Å². The van der Waals surface area contributed by atoms with Crippen LogP contribution in [0.2, 0.25) is 0 Å². The van der Waals surface area contributed by atoms with Gasteiger partial charge in [-0.2, -0.15) is 0 Å². The van der Waals surface area contributed by atoms with E-state index in [0.717, 1.165) is 24.8 Å². The van der Waals surface area contributed by atoms with Gasteiger partial charge in [-0.1, -0.05) is 63.9 Å². The third kappa shape index (κ3) is 2.40. The van der Waals surface area contributed by atoms with Gasteiger partial charge in [-0.15, -0.1) is 0 Å². The number of aliphatic hydroxyl groups is 1. The average Bonchev–Trinajstić information content (AvgIpc) is 2.29. The molecule has 17 heavy (non-hydrogen) atoms. The van der Waals surface area contributed by atoms with E-state index in [2.05, 4.69) is 32.9 Å². The molecule has 1 heteroatoms. The van der Waals surface area contributed by atoms with Gasteiger partial charge in [0.25, 0.3) is 0 Å². The van der Waals surface area contributed by atoms with E-state index < -0.39 is 5.60 Å². The molecule has 1 aromatic carbocycles. The fourth-order valence-electron chi connectivity index (χ4n) is 3.38. The third-order valence-electron chi connectivity index (χ3n) is 4.20. The van der Waals surface area contributed by atoms with Gasteiger partial charge in [-0.3, -0.25) is 0 Å². The van der Waals surface area contributed by atoms with Gasteiger partial charge in [0.05, 0.1) is 5.60 Å². The molecule has 0 spiro atoms. The molecule has 2 rings (SSSR count). The molecule has 0 aromatic heterocycles. The van der Waals surface area contributed by atoms with Crippen LogP contribution in [0.3, 0.4) is 0 Å². The topological polar surface area (TPSA) is 20.2 Å². The van der Waals surface area contributed by atoms with E-state index in [1.165, 1.54) is 6.42 Å². The van der Waals surface area contributed by atoms with E-state index >= 15 is 0 Å². The van der Waals surface area contributed by atoms with Crippen LogP contribution in [0.5, 0.6) is 0 Å². The molecule has 0 amide bonds. The Morgan fingerprint density at radius 1 is 1.12 bits per heavy atom. The molecule has 1 aliphatic carbocycles. The van der Waals surface area contributed by atoms with Gasteiger partial charge in [0, 0.05) is 0 Å². The molecule has 0 aliphatic heterocycles. The van der Waals surface area contributed by atoms with Gasteiger partial charge in [0.2, 0.25) is 0 Å². The average molecular weight is 232 g/mol. The van der Waals surface area contributed by atoms with Crippen LogP contribution in [-0.2, 0) is 5.60 Å². The molecule has 2 atom stereocenters. The second-order valence-electron chi connectivity index (χ2n) is 6.45. The fourth-order valence-corrected chi connectivity index (χ4v) is 3.38. The lowest BCUT2D eigenvalue weighted by Crippen LogP contribution is -2.44. The normalized spacial score (nSPS) is 30.2. The zero-order chi connectivity index (χ0) is 12.5. The minimum absolute atomic E-state index is 0.158. The van der Waals surface area contributed by atoms with Crippen LogP contribution in [0, 0.1) is 11.3 Å². The Hall–Kier alpha value is -0.820. The largest absolute Gasteiger partial charge is 0.385 e. The highest BCUT2D eigenvalue weighted by Gasteiger charge is 2.45. The summed E-state index contributed by atoms with van der Waals surface area (Å²) >= 11 is 0. The van der Waals surface area contributed by atoms with Crippen LogP contribution >= 0.6 is 0 Å². The maximum atomic E-state index is 11.1. The zero-order valence-electron chi connectivity index (χ0n) is 11.2. The van der Waals surface area contributed by atoms with E-state index in [0.29, 0.717) is 5.92 Å². The summed E-state index contributed by atoms with van der Waals surface area (Å²) in [6.07, 6.45) is 4.42. The minimum Gasteiger partial charge on any atom is -0.385 e. The standard InChI is InChI=1S/C16H24O/c1-15(2,3)14-11-7-8-12-16(14,17)13-9-5-4-6-10-13/h4-6,9-10,14,17H,7-8,11-12H2,1-3H3/t14-,16+/m1/s1. The molecule has 94 valence electrons. The molecular formula is C16H24O. The number of rotatable bonds is 1. The predicted octanol–water partition coefficient (Wildman–Crippen LogP) is 4.11. The van der Waals surface area contributed by atoms with E-state index in [1.807, 2.05) is 18.2 Å². The molecule has 1 nitrogen and oxygen atoms in total. The summed E-state index contributed by atoms with van der Waals surface area (Å²) in [6, 6.07) is 10.2. The zero-order valence-corrected chi connectivity index (χ0v) is 11.2. The molecule has 1 aromatic rings. The van der Waals surface area contributed by atoms with Crippen molar-refractivity contribution in [3.63, 3.8) is 0 Å². The summed E-state index contributed by atoms with van der Waals surface area (Å²) in [7, 11) is 0. The fraction of sp³-hybridized carbons (Fsp3) is 0.625. The smallest absolute Gasteiger partial charge is 0.0929 e. The Morgan fingerprint density at radius 3 is 2.35 bits per heavy atom. The van der Waals surface area contributed by atoms with Crippen molar-refractivity contribution in [2.75, 3.05) is 0 Å². The molecule has 1 N–H and O–H groups in total. The monoisotopic (exact) mass is 232 g/mol. The molecule has 1 aliphatic rings. The first kappa shape index (κ1) is 12.6. The van der Waals surface area contributed by atoms with Crippen LogP contribution in [0.15, 0.2) is 30.3 Å². The minimum atomic E-state index is -0.627. The van der Waals surface area contributed by atoms with Crippen LogP contribution in [0.4, 0.5) is 0 Å². The second kappa shape index (κ2) is 4.45. The lowest BCUT2D eigenvalue weighted by Gasteiger charge is -2.47. The Bertz CT molecular complexity index is 363. The van der Waals surface area contributed by atoms with Crippen LogP contribution < -0.4 is 0 Å². The van der Waals surface area contributed by atoms with Gasteiger partial charge in [-0.25, -0.2) is 0 Å². The van der Waals surface area contributed by atoms with Crippen molar-refractivity contribution in [3.8, 4) is 0 Å². The maximum absolute atomic E-state index is 11.1. The number of benzene rings is 1. The first-order valence-electron chi connectivity index (χ1n) is 6.72. The first-order chi connectivity index (χ1) is 7.94. The van der Waals surface area contributed by atoms with Crippen molar-refractivity contribution in [1.82, 2.24) is 0 Å². The summed E-state index contributed by atoms with van der Waals surface area (Å²) in [4.78, 5) is 0. The summed E-state index contributed by atoms with van der Waals surface area (Å²) in [6.45, 7) is 6.74. The van der Waals surface area contributed by atoms with Crippen molar-refractivity contribution in [2.24, 2.45) is 11.3 Å². The number of hydrogen-bond donors (Lipinski definition) is 1. The van der Waals surface area contributed by atoms with Gasteiger partial charge >= 0.3 is 0 Å². The Kier molecular flexibility index (Phi) is 3.31. The lowest BCUT2D eigenvalue weighted by molar-refractivity contribution is -0.0959. The molecular weight excluding hydrogens is 208 g/mol. The first-order valence-corrected chi connectivity index (χ1v) is 6.72. The van der Waals surface area contributed by atoms with Crippen LogP contribution in [-0.4, -0.2) is 5.11 Å². The lowest BCUT2D eigenvalue weighted by atomic mass is 9.61. The number of hydrogen-bond acceptors (Lipinski definition) is 1. The quantitative estimate of drug-likeness (QED) is 0.772. The maximum Gasteiger partial charge on any atom is 0.0929 e. The highest BCUT2D eigenvalue weighted by atomic mass is 16.3. The van der Waals surface area contributed by atoms with E-state index in [-0.39, 0.29) is 5.41 Å². The van der Waals surface area contributed by atoms with Gasteiger partial charge in [0.1, 0.15) is 0 Å². The molecule has 1 fully saturated rings. The van der Waals surface area contributed by atoms with Gasteiger partial charge in [-0.05, 0) is 29.7 Å². The Balaban J connectivity index is 2.38. The molecule has 0 heterocycles. The molecule has 0 saturated heterocycles. The van der Waals surface area contributed by atoms with Crippen molar-refractivity contribution < 1.29 is 5.11 Å². The summed E-state index contributed by atoms with van der Waals surface area (Å²) in [5, 5.41) is 11.1. The summed E-state index contributed by atoms with van der Waals surface area (Å²) in [5.41, 5.74) is 0.627. The third-order valence-corrected chi connectivity index (χ3v) is 4.20. The summed E-state index contributed by atoms with van der Waals surface area (Å²) in [5.74, 6) is 0.353. The predicted molar refractivity (Wildman–Crippen MR) is 71.8 cm³/mol. The summed E-state index contributed by atoms with van der Waals surface area (Å²) < 4.78 is 0. The molecule has 0 radical (unpaired) electrons. The van der Waals surface area contributed by atoms with Crippen LogP contribution in [0.1, 0.15) is 52.0 Å². The van der Waals surface area contributed by atoms with E-state index in [4.69, 9.17) is 0 Å². The Labute approximate surface area is 105 Å². The van der Waals surface area contributed by atoms with Gasteiger partial charge in [0.15, 0.2) is 0 Å². The van der Waals surface area contributed by atoms with Crippen molar-refractivity contribution in [3.05, 3.63) is 35.9 Å². The SMILES string of the molecule is CC(C)(C)[C@H]1CCCC[C@]1(O)c1ccccc1. The van der Waals surface area contributed by atoms with Crippen LogP contribution in [0.25, 0.3) is 0 Å².